The number of urea groups is 1. The average Bonchev–Trinajstić information content (AvgIpc) is 2.98. The van der Waals surface area contributed by atoms with Crippen LogP contribution in [0.5, 0.6) is 0 Å². The predicted octanol–water partition coefficient (Wildman–Crippen LogP) is 3.01. The number of hydrogen-bond acceptors (Lipinski definition) is 4. The highest BCUT2D eigenvalue weighted by Crippen LogP contribution is 2.35. The molecule has 0 bridgehead atoms. The van der Waals surface area contributed by atoms with Crippen LogP contribution in [0.3, 0.4) is 0 Å². The van der Waals surface area contributed by atoms with Crippen molar-refractivity contribution in [3.05, 3.63) is 16.1 Å². The molecule has 2 amide bonds. The minimum atomic E-state index is -0.329. The van der Waals surface area contributed by atoms with Crippen LogP contribution in [0.1, 0.15) is 62.4 Å². The molecular weight excluding hydrogens is 298 g/mol. The zero-order chi connectivity index (χ0) is 16.2. The van der Waals surface area contributed by atoms with E-state index >= 15 is 0 Å². The molecule has 0 saturated heterocycles. The summed E-state index contributed by atoms with van der Waals surface area (Å²) in [6.45, 7) is 6.59. The molecule has 0 spiro atoms. The van der Waals surface area contributed by atoms with Gasteiger partial charge in [-0.1, -0.05) is 26.7 Å². The van der Waals surface area contributed by atoms with Crippen molar-refractivity contribution in [1.29, 1.82) is 0 Å². The van der Waals surface area contributed by atoms with Gasteiger partial charge in [0.1, 0.15) is 5.01 Å². The number of hydrogen-bond donors (Lipinski definition) is 3. The van der Waals surface area contributed by atoms with Crippen LogP contribution < -0.4 is 10.6 Å². The minimum Gasteiger partial charge on any atom is -0.392 e. The predicted molar refractivity (Wildman–Crippen MR) is 89.0 cm³/mol. The van der Waals surface area contributed by atoms with Crippen LogP contribution in [0.25, 0.3) is 0 Å². The second kappa shape index (κ2) is 7.42. The van der Waals surface area contributed by atoms with Gasteiger partial charge in [-0.2, -0.15) is 0 Å². The number of carbonyl (C=O) groups is 1. The van der Waals surface area contributed by atoms with Crippen LogP contribution in [0, 0.1) is 5.41 Å². The highest BCUT2D eigenvalue weighted by Gasteiger charge is 2.35. The van der Waals surface area contributed by atoms with E-state index in [0.29, 0.717) is 6.54 Å². The molecule has 124 valence electrons. The zero-order valence-electron chi connectivity index (χ0n) is 13.7. The van der Waals surface area contributed by atoms with Crippen molar-refractivity contribution >= 4 is 17.4 Å². The smallest absolute Gasteiger partial charge is 0.315 e. The van der Waals surface area contributed by atoms with Gasteiger partial charge in [-0.25, -0.2) is 9.78 Å². The number of aliphatic hydroxyl groups is 1. The van der Waals surface area contributed by atoms with E-state index in [4.69, 9.17) is 0 Å². The summed E-state index contributed by atoms with van der Waals surface area (Å²) in [7, 11) is 0. The summed E-state index contributed by atoms with van der Waals surface area (Å²) < 4.78 is 0. The molecule has 1 aromatic rings. The Labute approximate surface area is 136 Å². The van der Waals surface area contributed by atoms with Gasteiger partial charge < -0.3 is 15.7 Å². The lowest BCUT2D eigenvalue weighted by atomic mass is 9.73. The van der Waals surface area contributed by atoms with Gasteiger partial charge in [0, 0.05) is 23.0 Å². The van der Waals surface area contributed by atoms with Gasteiger partial charge in [0.05, 0.1) is 12.1 Å². The van der Waals surface area contributed by atoms with Crippen LogP contribution >= 0.6 is 11.3 Å². The largest absolute Gasteiger partial charge is 0.392 e. The first-order valence-electron chi connectivity index (χ1n) is 8.11. The van der Waals surface area contributed by atoms with Crippen molar-refractivity contribution in [3.63, 3.8) is 0 Å². The van der Waals surface area contributed by atoms with Crippen LogP contribution in [-0.4, -0.2) is 28.8 Å². The summed E-state index contributed by atoms with van der Waals surface area (Å²) in [4.78, 5) is 17.6. The molecule has 3 N–H and O–H groups in total. The second-order valence-corrected chi connectivity index (χ2v) is 7.63. The van der Waals surface area contributed by atoms with Crippen LogP contribution in [-0.2, 0) is 6.42 Å². The molecule has 3 unspecified atom stereocenters. The Morgan fingerprint density at radius 3 is 3.00 bits per heavy atom. The standard InChI is InChI=1S/C16H27N3O2S/c1-4-12-9-17-14(22-12)11(2)19-15(21)18-10-16(3)8-6-5-7-13(16)20/h9,11,13,20H,4-8,10H2,1-3H3,(H2,18,19,21). The van der Waals surface area contributed by atoms with E-state index in [1.807, 2.05) is 13.1 Å². The maximum atomic E-state index is 12.1. The molecule has 3 atom stereocenters. The maximum absolute atomic E-state index is 12.1. The molecular formula is C16H27N3O2S. The number of nitrogens with one attached hydrogen (secondary N) is 2. The van der Waals surface area contributed by atoms with Gasteiger partial charge in [0.2, 0.25) is 0 Å². The molecule has 1 heterocycles. The van der Waals surface area contributed by atoms with E-state index in [1.54, 1.807) is 11.3 Å². The summed E-state index contributed by atoms with van der Waals surface area (Å²) >= 11 is 1.64. The molecule has 5 nitrogen and oxygen atoms in total. The minimum absolute atomic E-state index is 0.102. The number of aryl methyl sites for hydroxylation is 1. The third-order valence-electron chi connectivity index (χ3n) is 4.57. The third-order valence-corrected chi connectivity index (χ3v) is 5.90. The Balaban J connectivity index is 1.82. The number of aromatic nitrogens is 1. The van der Waals surface area contributed by atoms with E-state index in [9.17, 15) is 9.90 Å². The van der Waals surface area contributed by atoms with E-state index in [0.717, 1.165) is 37.1 Å². The summed E-state index contributed by atoms with van der Waals surface area (Å²) in [5.41, 5.74) is -0.213. The van der Waals surface area contributed by atoms with Crippen LogP contribution in [0.15, 0.2) is 6.20 Å². The Bertz CT molecular complexity index is 505. The number of aliphatic hydroxyl groups excluding tert-OH is 1. The maximum Gasteiger partial charge on any atom is 0.315 e. The fraction of sp³-hybridized carbons (Fsp3) is 0.750. The van der Waals surface area contributed by atoms with Crippen LogP contribution in [0.2, 0.25) is 0 Å². The summed E-state index contributed by atoms with van der Waals surface area (Å²) in [6, 6.07) is -0.297. The van der Waals surface area contributed by atoms with Gasteiger partial charge in [0.25, 0.3) is 0 Å². The highest BCUT2D eigenvalue weighted by atomic mass is 32.1. The molecule has 22 heavy (non-hydrogen) atoms. The number of thiazole rings is 1. The summed E-state index contributed by atoms with van der Waals surface area (Å²) in [5.74, 6) is 0. The molecule has 1 aliphatic rings. The second-order valence-electron chi connectivity index (χ2n) is 6.48. The Morgan fingerprint density at radius 2 is 2.36 bits per heavy atom. The van der Waals surface area contributed by atoms with Gasteiger partial charge in [0.15, 0.2) is 0 Å². The Kier molecular flexibility index (Phi) is 5.81. The van der Waals surface area contributed by atoms with E-state index in [1.165, 1.54) is 4.88 Å². The summed E-state index contributed by atoms with van der Waals surface area (Å²) in [6.07, 6.45) is 6.48. The first kappa shape index (κ1) is 17.2. The lowest BCUT2D eigenvalue weighted by Gasteiger charge is -2.38. The number of amides is 2. The number of rotatable bonds is 5. The molecule has 6 heteroatoms. The van der Waals surface area contributed by atoms with Gasteiger partial charge in [-0.3, -0.25) is 0 Å². The van der Waals surface area contributed by atoms with Gasteiger partial charge in [-0.05, 0) is 26.2 Å². The fourth-order valence-corrected chi connectivity index (χ4v) is 3.73. The van der Waals surface area contributed by atoms with Crippen molar-refractivity contribution in [2.45, 2.75) is 65.0 Å². The summed E-state index contributed by atoms with van der Waals surface area (Å²) in [5, 5.41) is 16.9. The quantitative estimate of drug-likeness (QED) is 0.779. The SMILES string of the molecule is CCc1cnc(C(C)NC(=O)NCC2(C)CCCCC2O)s1. The van der Waals surface area contributed by atoms with Crippen molar-refractivity contribution in [1.82, 2.24) is 15.6 Å². The van der Waals surface area contributed by atoms with E-state index < -0.39 is 0 Å². The molecule has 0 radical (unpaired) electrons. The average molecular weight is 325 g/mol. The Hall–Kier alpha value is -1.14. The van der Waals surface area contributed by atoms with E-state index in [2.05, 4.69) is 29.5 Å². The number of nitrogens with zero attached hydrogens (tertiary/aromatic N) is 1. The molecule has 1 aliphatic carbocycles. The monoisotopic (exact) mass is 325 g/mol. The van der Waals surface area contributed by atoms with Crippen LogP contribution in [0.4, 0.5) is 4.79 Å². The Morgan fingerprint density at radius 1 is 1.59 bits per heavy atom. The number of carbonyl (C=O) groups excluding carboxylic acids is 1. The topological polar surface area (TPSA) is 74.2 Å². The van der Waals surface area contributed by atoms with Crippen molar-refractivity contribution in [2.75, 3.05) is 6.54 Å². The highest BCUT2D eigenvalue weighted by molar-refractivity contribution is 7.11. The lowest BCUT2D eigenvalue weighted by molar-refractivity contribution is 0.00305. The van der Waals surface area contributed by atoms with Gasteiger partial charge in [-0.15, -0.1) is 11.3 Å². The van der Waals surface area contributed by atoms with E-state index in [-0.39, 0.29) is 23.6 Å². The molecule has 0 aromatic carbocycles. The lowest BCUT2D eigenvalue weighted by Crippen LogP contribution is -2.48. The molecule has 2 rings (SSSR count). The first-order valence-corrected chi connectivity index (χ1v) is 8.93. The fourth-order valence-electron chi connectivity index (χ4n) is 2.87. The van der Waals surface area contributed by atoms with Gasteiger partial charge >= 0.3 is 6.03 Å². The molecule has 1 fully saturated rings. The molecule has 1 aromatic heterocycles. The van der Waals surface area contributed by atoms with Crippen molar-refractivity contribution < 1.29 is 9.90 Å². The zero-order valence-corrected chi connectivity index (χ0v) is 14.5. The van der Waals surface area contributed by atoms with Crippen molar-refractivity contribution in [3.8, 4) is 0 Å². The third kappa shape index (κ3) is 4.20. The molecule has 0 aliphatic heterocycles. The van der Waals surface area contributed by atoms with Crippen molar-refractivity contribution in [2.24, 2.45) is 5.41 Å². The first-order chi connectivity index (χ1) is 10.4. The normalized spacial score (nSPS) is 26.5. The molecule has 1 saturated carbocycles.